The van der Waals surface area contributed by atoms with Crippen LogP contribution in [0.5, 0.6) is 0 Å². The third-order valence-corrected chi connectivity index (χ3v) is 5.99. The van der Waals surface area contributed by atoms with E-state index in [1.54, 1.807) is 24.5 Å². The molecule has 174 valence electrons. The number of benzene rings is 2. The van der Waals surface area contributed by atoms with Gasteiger partial charge in [-0.25, -0.2) is 4.98 Å². The molecule has 2 aromatic carbocycles. The molecule has 1 amide bonds. The first-order valence-corrected chi connectivity index (χ1v) is 11.5. The Kier molecular flexibility index (Phi) is 6.22. The Labute approximate surface area is 203 Å². The SMILES string of the molecule is Cc1cnn(Cc2ccc(C(Cc3ccc4c(N)nccc4c3)NC(=O)c3ccccn3)cc2)c1. The predicted molar refractivity (Wildman–Crippen MR) is 137 cm³/mol. The molecule has 0 radical (unpaired) electrons. The van der Waals surface area contributed by atoms with Crippen molar-refractivity contribution in [3.05, 3.63) is 119 Å². The number of nitrogens with zero attached hydrogens (tertiary/aromatic N) is 4. The maximum atomic E-state index is 13.0. The summed E-state index contributed by atoms with van der Waals surface area (Å²) < 4.78 is 1.92. The van der Waals surface area contributed by atoms with Crippen LogP contribution in [0.3, 0.4) is 0 Å². The van der Waals surface area contributed by atoms with Gasteiger partial charge in [-0.1, -0.05) is 48.5 Å². The lowest BCUT2D eigenvalue weighted by Gasteiger charge is -2.20. The molecule has 1 unspecified atom stereocenters. The number of carbonyl (C=O) groups excluding carboxylic acids is 1. The first-order valence-electron chi connectivity index (χ1n) is 11.5. The van der Waals surface area contributed by atoms with Crippen molar-refractivity contribution in [2.24, 2.45) is 0 Å². The number of nitrogens with two attached hydrogens (primary N) is 1. The highest BCUT2D eigenvalue weighted by Crippen LogP contribution is 2.25. The molecule has 0 aliphatic rings. The van der Waals surface area contributed by atoms with Gasteiger partial charge in [0.1, 0.15) is 11.5 Å². The number of aryl methyl sites for hydroxylation is 1. The Morgan fingerprint density at radius 2 is 1.83 bits per heavy atom. The molecule has 3 heterocycles. The number of aromatic nitrogens is 4. The molecule has 0 spiro atoms. The van der Waals surface area contributed by atoms with E-state index in [4.69, 9.17) is 5.73 Å². The second kappa shape index (κ2) is 9.77. The summed E-state index contributed by atoms with van der Waals surface area (Å²) in [5, 5.41) is 9.48. The summed E-state index contributed by atoms with van der Waals surface area (Å²) in [6, 6.07) is 21.5. The van der Waals surface area contributed by atoms with Crippen molar-refractivity contribution in [2.45, 2.75) is 25.9 Å². The number of anilines is 1. The van der Waals surface area contributed by atoms with Crippen LogP contribution in [0.4, 0.5) is 5.82 Å². The second-order valence-corrected chi connectivity index (χ2v) is 8.65. The van der Waals surface area contributed by atoms with Gasteiger partial charge in [0.05, 0.1) is 18.8 Å². The number of carbonyl (C=O) groups is 1. The minimum atomic E-state index is -0.234. The molecule has 3 N–H and O–H groups in total. The van der Waals surface area contributed by atoms with E-state index < -0.39 is 0 Å². The Morgan fingerprint density at radius 1 is 1.00 bits per heavy atom. The van der Waals surface area contributed by atoms with Crippen LogP contribution in [0.15, 0.2) is 91.5 Å². The lowest BCUT2D eigenvalue weighted by atomic mass is 9.96. The smallest absolute Gasteiger partial charge is 0.270 e. The van der Waals surface area contributed by atoms with Crippen molar-refractivity contribution in [1.82, 2.24) is 25.1 Å². The Bertz CT molecular complexity index is 1460. The van der Waals surface area contributed by atoms with E-state index in [0.29, 0.717) is 24.5 Å². The fourth-order valence-corrected chi connectivity index (χ4v) is 4.19. The van der Waals surface area contributed by atoms with Crippen molar-refractivity contribution in [3.8, 4) is 0 Å². The summed E-state index contributed by atoms with van der Waals surface area (Å²) in [4.78, 5) is 21.3. The quantitative estimate of drug-likeness (QED) is 0.372. The molecule has 35 heavy (non-hydrogen) atoms. The van der Waals surface area contributed by atoms with Crippen LogP contribution >= 0.6 is 0 Å². The summed E-state index contributed by atoms with van der Waals surface area (Å²) in [7, 11) is 0. The Hall–Kier alpha value is -4.52. The number of amides is 1. The molecule has 5 aromatic rings. The van der Waals surface area contributed by atoms with Gasteiger partial charge in [0.25, 0.3) is 5.91 Å². The molecule has 0 bridgehead atoms. The molecule has 0 saturated carbocycles. The van der Waals surface area contributed by atoms with E-state index >= 15 is 0 Å². The maximum Gasteiger partial charge on any atom is 0.270 e. The van der Waals surface area contributed by atoms with Gasteiger partial charge in [0.2, 0.25) is 0 Å². The van der Waals surface area contributed by atoms with E-state index in [2.05, 4.69) is 50.7 Å². The van der Waals surface area contributed by atoms with Crippen molar-refractivity contribution in [3.63, 3.8) is 0 Å². The number of rotatable bonds is 7. The van der Waals surface area contributed by atoms with E-state index in [-0.39, 0.29) is 11.9 Å². The van der Waals surface area contributed by atoms with Crippen LogP contribution in [0, 0.1) is 6.92 Å². The minimum absolute atomic E-state index is 0.207. The summed E-state index contributed by atoms with van der Waals surface area (Å²) in [6.45, 7) is 2.72. The fourth-order valence-electron chi connectivity index (χ4n) is 4.19. The fraction of sp³-hybridized carbons (Fsp3) is 0.143. The zero-order valence-electron chi connectivity index (χ0n) is 19.4. The first kappa shape index (κ1) is 22.3. The number of pyridine rings is 2. The van der Waals surface area contributed by atoms with Gasteiger partial charge < -0.3 is 11.1 Å². The molecule has 7 nitrogen and oxygen atoms in total. The van der Waals surface area contributed by atoms with Crippen molar-refractivity contribution in [1.29, 1.82) is 0 Å². The average Bonchev–Trinajstić information content (AvgIpc) is 3.29. The van der Waals surface area contributed by atoms with Gasteiger partial charge in [-0.3, -0.25) is 14.5 Å². The number of fused-ring (bicyclic) bond motifs is 1. The molecule has 1 atom stereocenters. The summed E-state index contributed by atoms with van der Waals surface area (Å²) >= 11 is 0. The van der Waals surface area contributed by atoms with Crippen LogP contribution in [-0.4, -0.2) is 25.7 Å². The molecule has 0 fully saturated rings. The largest absolute Gasteiger partial charge is 0.383 e. The van der Waals surface area contributed by atoms with Crippen LogP contribution in [0.1, 0.15) is 38.8 Å². The van der Waals surface area contributed by atoms with E-state index in [0.717, 1.165) is 33.0 Å². The normalized spacial score (nSPS) is 11.9. The third kappa shape index (κ3) is 5.19. The summed E-state index contributed by atoms with van der Waals surface area (Å²) in [5.41, 5.74) is 10.8. The minimum Gasteiger partial charge on any atom is -0.383 e. The van der Waals surface area contributed by atoms with Crippen LogP contribution in [0.2, 0.25) is 0 Å². The molecule has 0 saturated heterocycles. The lowest BCUT2D eigenvalue weighted by Crippen LogP contribution is -2.30. The zero-order valence-corrected chi connectivity index (χ0v) is 19.4. The zero-order chi connectivity index (χ0) is 24.2. The topological polar surface area (TPSA) is 98.7 Å². The van der Waals surface area contributed by atoms with Gasteiger partial charge in [-0.15, -0.1) is 0 Å². The highest BCUT2D eigenvalue weighted by molar-refractivity contribution is 5.93. The third-order valence-electron chi connectivity index (χ3n) is 5.99. The molecule has 3 aromatic heterocycles. The van der Waals surface area contributed by atoms with E-state index in [9.17, 15) is 4.79 Å². The number of nitrogen functional groups attached to an aromatic ring is 1. The monoisotopic (exact) mass is 462 g/mol. The number of hydrogen-bond acceptors (Lipinski definition) is 5. The molecular formula is C28H26N6O. The Balaban J connectivity index is 1.42. The summed E-state index contributed by atoms with van der Waals surface area (Å²) in [6.07, 6.45) is 7.82. The molecular weight excluding hydrogens is 436 g/mol. The van der Waals surface area contributed by atoms with E-state index in [1.807, 2.05) is 48.3 Å². The van der Waals surface area contributed by atoms with Gasteiger partial charge in [-0.2, -0.15) is 5.10 Å². The number of hydrogen-bond donors (Lipinski definition) is 2. The van der Waals surface area contributed by atoms with Crippen LogP contribution < -0.4 is 11.1 Å². The Morgan fingerprint density at radius 3 is 2.57 bits per heavy atom. The van der Waals surface area contributed by atoms with Crippen molar-refractivity contribution < 1.29 is 4.79 Å². The van der Waals surface area contributed by atoms with Gasteiger partial charge in [0.15, 0.2) is 0 Å². The highest BCUT2D eigenvalue weighted by atomic mass is 16.1. The average molecular weight is 463 g/mol. The standard InChI is InChI=1S/C28H26N6O/c1-19-16-32-34(17-19)18-20-5-8-22(9-6-20)26(33-28(35)25-4-2-3-12-30-25)15-21-7-10-24-23(14-21)11-13-31-27(24)29/h2-14,16-17,26H,15,18H2,1H3,(H2,29,31)(H,33,35). The van der Waals surface area contributed by atoms with Crippen molar-refractivity contribution in [2.75, 3.05) is 5.73 Å². The maximum absolute atomic E-state index is 13.0. The van der Waals surface area contributed by atoms with Gasteiger partial charge in [-0.05, 0) is 59.2 Å². The van der Waals surface area contributed by atoms with Gasteiger partial charge >= 0.3 is 0 Å². The first-order chi connectivity index (χ1) is 17.0. The number of nitrogens with one attached hydrogen (secondary N) is 1. The van der Waals surface area contributed by atoms with E-state index in [1.165, 1.54) is 0 Å². The highest BCUT2D eigenvalue weighted by Gasteiger charge is 2.18. The summed E-state index contributed by atoms with van der Waals surface area (Å²) in [5.74, 6) is 0.304. The van der Waals surface area contributed by atoms with Gasteiger partial charge in [0, 0.05) is 24.0 Å². The van der Waals surface area contributed by atoms with Crippen molar-refractivity contribution >= 4 is 22.5 Å². The molecule has 0 aliphatic heterocycles. The molecule has 7 heteroatoms. The lowest BCUT2D eigenvalue weighted by molar-refractivity contribution is 0.0931. The van der Waals surface area contributed by atoms with Crippen LogP contribution in [0.25, 0.3) is 10.8 Å². The molecule has 5 rings (SSSR count). The second-order valence-electron chi connectivity index (χ2n) is 8.65. The predicted octanol–water partition coefficient (Wildman–Crippen LogP) is 4.48. The van der Waals surface area contributed by atoms with Crippen LogP contribution in [-0.2, 0) is 13.0 Å². The molecule has 0 aliphatic carbocycles.